The van der Waals surface area contributed by atoms with Crippen LogP contribution in [0.4, 0.5) is 0 Å². The van der Waals surface area contributed by atoms with Crippen LogP contribution < -0.4 is 5.56 Å². The van der Waals surface area contributed by atoms with Gasteiger partial charge in [0.05, 0.1) is 6.54 Å². The standard InChI is InChI=1S/C13H20N2O2.C2H6/c1-5-15-8-6-7-11(13(15)17)9-14(4)12(16)10(2)3;1-2/h6-8,10H,5,9H2,1-4H3;1-2H3. The van der Waals surface area contributed by atoms with E-state index >= 15 is 0 Å². The maximum atomic E-state index is 12.0. The van der Waals surface area contributed by atoms with Crippen molar-refractivity contribution in [1.82, 2.24) is 9.47 Å². The predicted molar refractivity (Wildman–Crippen MR) is 79.0 cm³/mol. The average molecular weight is 266 g/mol. The summed E-state index contributed by atoms with van der Waals surface area (Å²) < 4.78 is 1.64. The van der Waals surface area contributed by atoms with Gasteiger partial charge in [0, 0.05) is 31.3 Å². The van der Waals surface area contributed by atoms with Gasteiger partial charge in [0.15, 0.2) is 0 Å². The van der Waals surface area contributed by atoms with E-state index in [2.05, 4.69) is 0 Å². The lowest BCUT2D eigenvalue weighted by Crippen LogP contribution is -2.33. The lowest BCUT2D eigenvalue weighted by Gasteiger charge is -2.19. The third-order valence-electron chi connectivity index (χ3n) is 2.72. The smallest absolute Gasteiger partial charge is 0.255 e. The zero-order valence-electron chi connectivity index (χ0n) is 12.9. The molecule has 108 valence electrons. The number of hydrogen-bond acceptors (Lipinski definition) is 2. The molecule has 0 saturated carbocycles. The van der Waals surface area contributed by atoms with Gasteiger partial charge in [0.2, 0.25) is 5.91 Å². The molecule has 0 fully saturated rings. The van der Waals surface area contributed by atoms with Crippen molar-refractivity contribution in [2.75, 3.05) is 7.05 Å². The highest BCUT2D eigenvalue weighted by Gasteiger charge is 2.14. The highest BCUT2D eigenvalue weighted by molar-refractivity contribution is 5.77. The second-order valence-corrected chi connectivity index (χ2v) is 4.47. The van der Waals surface area contributed by atoms with E-state index in [4.69, 9.17) is 0 Å². The third kappa shape index (κ3) is 4.89. The van der Waals surface area contributed by atoms with Crippen LogP contribution in [-0.2, 0) is 17.9 Å². The summed E-state index contributed by atoms with van der Waals surface area (Å²) in [4.78, 5) is 25.3. The van der Waals surface area contributed by atoms with E-state index < -0.39 is 0 Å². The van der Waals surface area contributed by atoms with E-state index in [1.54, 1.807) is 28.8 Å². The molecular formula is C15H26N2O2. The number of pyridine rings is 1. The summed E-state index contributed by atoms with van der Waals surface area (Å²) in [6.45, 7) is 10.7. The topological polar surface area (TPSA) is 42.3 Å². The molecule has 1 aromatic heterocycles. The number of hydrogen-bond donors (Lipinski definition) is 0. The van der Waals surface area contributed by atoms with Gasteiger partial charge < -0.3 is 9.47 Å². The molecular weight excluding hydrogens is 240 g/mol. The second-order valence-electron chi connectivity index (χ2n) is 4.47. The van der Waals surface area contributed by atoms with Crippen LogP contribution >= 0.6 is 0 Å². The molecule has 0 aliphatic heterocycles. The van der Waals surface area contributed by atoms with Gasteiger partial charge in [-0.2, -0.15) is 0 Å². The van der Waals surface area contributed by atoms with E-state index in [0.29, 0.717) is 18.7 Å². The van der Waals surface area contributed by atoms with Gasteiger partial charge in [-0.15, -0.1) is 0 Å². The van der Waals surface area contributed by atoms with Crippen molar-refractivity contribution in [1.29, 1.82) is 0 Å². The Hall–Kier alpha value is -1.58. The molecule has 0 atom stereocenters. The lowest BCUT2D eigenvalue weighted by atomic mass is 10.2. The zero-order valence-corrected chi connectivity index (χ0v) is 12.9. The van der Waals surface area contributed by atoms with Crippen LogP contribution in [0.1, 0.15) is 40.2 Å². The Bertz CT molecular complexity index is 450. The molecule has 0 bridgehead atoms. The largest absolute Gasteiger partial charge is 0.341 e. The summed E-state index contributed by atoms with van der Waals surface area (Å²) >= 11 is 0. The number of aromatic nitrogens is 1. The van der Waals surface area contributed by atoms with Crippen molar-refractivity contribution in [3.05, 3.63) is 34.2 Å². The summed E-state index contributed by atoms with van der Waals surface area (Å²) in [7, 11) is 1.73. The minimum atomic E-state index is -0.0443. The number of rotatable bonds is 4. The minimum absolute atomic E-state index is 0.0154. The van der Waals surface area contributed by atoms with E-state index in [1.165, 1.54) is 0 Å². The summed E-state index contributed by atoms with van der Waals surface area (Å²) in [5.41, 5.74) is 0.643. The van der Waals surface area contributed by atoms with Crippen LogP contribution in [0.15, 0.2) is 23.1 Å². The van der Waals surface area contributed by atoms with E-state index in [0.717, 1.165) is 0 Å². The molecule has 0 N–H and O–H groups in total. The van der Waals surface area contributed by atoms with E-state index in [9.17, 15) is 9.59 Å². The normalized spacial score (nSPS) is 9.84. The van der Waals surface area contributed by atoms with Crippen LogP contribution in [0.25, 0.3) is 0 Å². The van der Waals surface area contributed by atoms with Crippen molar-refractivity contribution in [2.45, 2.75) is 47.7 Å². The molecule has 0 saturated heterocycles. The molecule has 4 heteroatoms. The van der Waals surface area contributed by atoms with E-state index in [-0.39, 0.29) is 17.4 Å². The van der Waals surface area contributed by atoms with Crippen molar-refractivity contribution in [3.63, 3.8) is 0 Å². The van der Waals surface area contributed by atoms with Gasteiger partial charge in [-0.1, -0.05) is 33.8 Å². The Morgan fingerprint density at radius 2 is 1.95 bits per heavy atom. The number of amides is 1. The summed E-state index contributed by atoms with van der Waals surface area (Å²) in [5.74, 6) is 0.00779. The van der Waals surface area contributed by atoms with Crippen LogP contribution in [0.5, 0.6) is 0 Å². The average Bonchev–Trinajstić information content (AvgIpc) is 2.42. The fourth-order valence-electron chi connectivity index (χ4n) is 1.73. The highest BCUT2D eigenvalue weighted by atomic mass is 16.2. The molecule has 1 rings (SSSR count). The van der Waals surface area contributed by atoms with Gasteiger partial charge in [0.25, 0.3) is 5.56 Å². The predicted octanol–water partition coefficient (Wildman–Crippen LogP) is 2.51. The van der Waals surface area contributed by atoms with Gasteiger partial charge in [-0.3, -0.25) is 9.59 Å². The number of carbonyl (C=O) groups excluding carboxylic acids is 1. The Morgan fingerprint density at radius 1 is 1.37 bits per heavy atom. The Kier molecular flexibility index (Phi) is 7.80. The fourth-order valence-corrected chi connectivity index (χ4v) is 1.73. The summed E-state index contributed by atoms with van der Waals surface area (Å²) in [6.07, 6.45) is 1.76. The van der Waals surface area contributed by atoms with Crippen molar-refractivity contribution in [3.8, 4) is 0 Å². The Morgan fingerprint density at radius 3 is 2.42 bits per heavy atom. The molecule has 0 spiro atoms. The van der Waals surface area contributed by atoms with E-state index in [1.807, 2.05) is 40.7 Å². The molecule has 0 unspecified atom stereocenters. The first-order valence-electron chi connectivity index (χ1n) is 6.90. The molecule has 1 heterocycles. The monoisotopic (exact) mass is 266 g/mol. The fraction of sp³-hybridized carbons (Fsp3) is 0.600. The molecule has 0 aromatic carbocycles. The van der Waals surface area contributed by atoms with Crippen molar-refractivity contribution in [2.24, 2.45) is 5.92 Å². The van der Waals surface area contributed by atoms with Crippen LogP contribution in [0.2, 0.25) is 0 Å². The Balaban J connectivity index is 0.00000154. The first kappa shape index (κ1) is 17.4. The summed E-state index contributed by atoms with van der Waals surface area (Å²) in [6, 6.07) is 3.62. The minimum Gasteiger partial charge on any atom is -0.341 e. The third-order valence-corrected chi connectivity index (χ3v) is 2.72. The Labute approximate surface area is 116 Å². The number of carbonyl (C=O) groups is 1. The van der Waals surface area contributed by atoms with Gasteiger partial charge in [0.1, 0.15) is 0 Å². The molecule has 0 radical (unpaired) electrons. The van der Waals surface area contributed by atoms with Crippen molar-refractivity contribution < 1.29 is 4.79 Å². The molecule has 0 aliphatic carbocycles. The SMILES string of the molecule is CC.CCn1cccc(CN(C)C(=O)C(C)C)c1=O. The molecule has 1 amide bonds. The summed E-state index contributed by atoms with van der Waals surface area (Å²) in [5, 5.41) is 0. The lowest BCUT2D eigenvalue weighted by molar-refractivity contribution is -0.133. The molecule has 0 aliphatic rings. The first-order chi connectivity index (χ1) is 8.97. The van der Waals surface area contributed by atoms with Crippen molar-refractivity contribution >= 4 is 5.91 Å². The second kappa shape index (κ2) is 8.51. The van der Waals surface area contributed by atoms with Gasteiger partial charge in [-0.05, 0) is 13.0 Å². The van der Waals surface area contributed by atoms with Crippen LogP contribution in [-0.4, -0.2) is 22.4 Å². The number of aryl methyl sites for hydroxylation is 1. The van der Waals surface area contributed by atoms with Crippen LogP contribution in [0.3, 0.4) is 0 Å². The zero-order chi connectivity index (χ0) is 15.0. The van der Waals surface area contributed by atoms with Crippen LogP contribution in [0, 0.1) is 5.92 Å². The van der Waals surface area contributed by atoms with Gasteiger partial charge >= 0.3 is 0 Å². The highest BCUT2D eigenvalue weighted by Crippen LogP contribution is 2.03. The quantitative estimate of drug-likeness (QED) is 0.840. The number of nitrogens with zero attached hydrogens (tertiary/aromatic N) is 2. The van der Waals surface area contributed by atoms with Gasteiger partial charge in [-0.25, -0.2) is 0 Å². The maximum absolute atomic E-state index is 12.0. The first-order valence-corrected chi connectivity index (χ1v) is 6.90. The molecule has 4 nitrogen and oxygen atoms in total. The molecule has 19 heavy (non-hydrogen) atoms. The molecule has 1 aromatic rings. The maximum Gasteiger partial charge on any atom is 0.255 e.